The third-order valence-corrected chi connectivity index (χ3v) is 6.12. The fourth-order valence-electron chi connectivity index (χ4n) is 2.40. The average molecular weight is 421 g/mol. The molecule has 1 atom stereocenters. The highest BCUT2D eigenvalue weighted by molar-refractivity contribution is 8.01. The van der Waals surface area contributed by atoms with Crippen molar-refractivity contribution in [3.05, 3.63) is 65.7 Å². The zero-order chi connectivity index (χ0) is 20.1. The summed E-state index contributed by atoms with van der Waals surface area (Å²) in [5, 5.41) is 11.3. The van der Waals surface area contributed by atoms with E-state index in [1.165, 1.54) is 41.3 Å². The molecule has 146 valence electrons. The molecule has 1 N–H and O–H groups in total. The number of hydrogen-bond donors (Lipinski definition) is 1. The highest BCUT2D eigenvalue weighted by Gasteiger charge is 2.18. The van der Waals surface area contributed by atoms with Gasteiger partial charge < -0.3 is 10.2 Å². The quantitative estimate of drug-likeness (QED) is 0.553. The van der Waals surface area contributed by atoms with Crippen LogP contribution in [-0.2, 0) is 4.79 Å². The predicted molar refractivity (Wildman–Crippen MR) is 108 cm³/mol. The number of rotatable bonds is 7. The number of nitrogens with zero attached hydrogens (tertiary/aromatic N) is 3. The zero-order valence-electron chi connectivity index (χ0n) is 15.2. The van der Waals surface area contributed by atoms with E-state index in [0.717, 1.165) is 5.56 Å². The molecule has 0 saturated carbocycles. The molecule has 9 heteroatoms. The summed E-state index contributed by atoms with van der Waals surface area (Å²) in [5.74, 6) is -0.577. The van der Waals surface area contributed by atoms with E-state index in [9.17, 15) is 13.6 Å². The summed E-state index contributed by atoms with van der Waals surface area (Å²) >= 11 is 2.51. The van der Waals surface area contributed by atoms with E-state index < -0.39 is 0 Å². The van der Waals surface area contributed by atoms with Gasteiger partial charge >= 0.3 is 0 Å². The van der Waals surface area contributed by atoms with Crippen LogP contribution >= 0.6 is 23.1 Å². The summed E-state index contributed by atoms with van der Waals surface area (Å²) < 4.78 is 27.3. The Morgan fingerprint density at radius 1 is 1.18 bits per heavy atom. The second-order valence-electron chi connectivity index (χ2n) is 6.00. The van der Waals surface area contributed by atoms with Gasteiger partial charge in [0.15, 0.2) is 4.34 Å². The Kier molecular flexibility index (Phi) is 6.58. The number of nitrogens with one attached hydrogen (secondary N) is 1. The molecule has 5 nitrogen and oxygen atoms in total. The maximum atomic E-state index is 13.7. The van der Waals surface area contributed by atoms with Crippen LogP contribution in [0.25, 0.3) is 0 Å². The number of carbonyl (C=O) groups is 1. The molecule has 0 bridgehead atoms. The summed E-state index contributed by atoms with van der Waals surface area (Å²) in [4.78, 5) is 14.1. The van der Waals surface area contributed by atoms with Crippen molar-refractivity contribution in [1.82, 2.24) is 15.1 Å². The third kappa shape index (κ3) is 5.05. The summed E-state index contributed by atoms with van der Waals surface area (Å²) in [6, 6.07) is 12.2. The smallest absolute Gasteiger partial charge is 0.233 e. The molecule has 0 spiro atoms. The number of benzene rings is 2. The van der Waals surface area contributed by atoms with Gasteiger partial charge in [0.05, 0.1) is 17.5 Å². The van der Waals surface area contributed by atoms with Crippen molar-refractivity contribution in [3.8, 4) is 0 Å². The molecule has 28 heavy (non-hydrogen) atoms. The van der Waals surface area contributed by atoms with Crippen molar-refractivity contribution in [2.45, 2.75) is 17.3 Å². The molecule has 0 fully saturated rings. The minimum absolute atomic E-state index is 0.0827. The van der Waals surface area contributed by atoms with Crippen LogP contribution in [0.2, 0.25) is 0 Å². The van der Waals surface area contributed by atoms with Crippen LogP contribution in [0, 0.1) is 11.6 Å². The lowest BCUT2D eigenvalue weighted by atomic mass is 10.1. The SMILES string of the molecule is CC(c1ccc(F)cc1)N(C)C(=O)CSc1nnc(Nc2ccccc2F)s1. The van der Waals surface area contributed by atoms with Crippen molar-refractivity contribution in [1.29, 1.82) is 0 Å². The normalized spacial score (nSPS) is 11.9. The first-order valence-corrected chi connectivity index (χ1v) is 10.2. The number of thioether (sulfide) groups is 1. The Bertz CT molecular complexity index is 949. The number of amides is 1. The molecule has 0 aliphatic carbocycles. The number of halogens is 2. The fraction of sp³-hybridized carbons (Fsp3) is 0.211. The van der Waals surface area contributed by atoms with Gasteiger partial charge in [-0.3, -0.25) is 4.79 Å². The van der Waals surface area contributed by atoms with Gasteiger partial charge in [0.1, 0.15) is 11.6 Å². The summed E-state index contributed by atoms with van der Waals surface area (Å²) in [5.41, 5.74) is 1.17. The van der Waals surface area contributed by atoms with Gasteiger partial charge in [0, 0.05) is 7.05 Å². The lowest BCUT2D eigenvalue weighted by molar-refractivity contribution is -0.128. The van der Waals surface area contributed by atoms with Crippen molar-refractivity contribution in [3.63, 3.8) is 0 Å². The van der Waals surface area contributed by atoms with Crippen LogP contribution in [0.4, 0.5) is 19.6 Å². The molecule has 3 rings (SSSR count). The van der Waals surface area contributed by atoms with Crippen LogP contribution in [0.5, 0.6) is 0 Å². The predicted octanol–water partition coefficient (Wildman–Crippen LogP) is 4.87. The lowest BCUT2D eigenvalue weighted by Crippen LogP contribution is -2.31. The molecule has 2 aromatic carbocycles. The van der Waals surface area contributed by atoms with E-state index in [1.54, 1.807) is 42.3 Å². The molecule has 1 heterocycles. The van der Waals surface area contributed by atoms with E-state index in [-0.39, 0.29) is 29.3 Å². The Balaban J connectivity index is 1.55. The summed E-state index contributed by atoms with van der Waals surface area (Å²) in [6.45, 7) is 1.89. The Morgan fingerprint density at radius 3 is 2.61 bits per heavy atom. The largest absolute Gasteiger partial charge is 0.338 e. The molecule has 0 aliphatic heterocycles. The molecule has 1 amide bonds. The lowest BCUT2D eigenvalue weighted by Gasteiger charge is -2.25. The van der Waals surface area contributed by atoms with Crippen molar-refractivity contribution in [2.24, 2.45) is 0 Å². The minimum Gasteiger partial charge on any atom is -0.338 e. The molecular weight excluding hydrogens is 402 g/mol. The first-order valence-electron chi connectivity index (χ1n) is 8.43. The topological polar surface area (TPSA) is 58.1 Å². The second kappa shape index (κ2) is 9.11. The maximum Gasteiger partial charge on any atom is 0.233 e. The monoisotopic (exact) mass is 420 g/mol. The first kappa shape index (κ1) is 20.2. The number of carbonyl (C=O) groups excluding carboxylic acids is 1. The number of anilines is 2. The highest BCUT2D eigenvalue weighted by Crippen LogP contribution is 2.29. The van der Waals surface area contributed by atoms with Crippen molar-refractivity contribution < 1.29 is 13.6 Å². The Labute approximate surface area is 169 Å². The maximum absolute atomic E-state index is 13.7. The van der Waals surface area contributed by atoms with Gasteiger partial charge in [0.2, 0.25) is 11.0 Å². The van der Waals surface area contributed by atoms with Gasteiger partial charge in [-0.15, -0.1) is 10.2 Å². The molecule has 1 aromatic heterocycles. The number of aromatic nitrogens is 2. The van der Waals surface area contributed by atoms with Gasteiger partial charge in [-0.05, 0) is 36.8 Å². The van der Waals surface area contributed by atoms with Crippen LogP contribution in [0.15, 0.2) is 52.9 Å². The molecule has 0 radical (unpaired) electrons. The Hall–Kier alpha value is -2.52. The van der Waals surface area contributed by atoms with Crippen molar-refractivity contribution >= 4 is 39.8 Å². The van der Waals surface area contributed by atoms with Crippen LogP contribution in [-0.4, -0.2) is 33.8 Å². The molecular formula is C19H18F2N4OS2. The van der Waals surface area contributed by atoms with Gasteiger partial charge in [-0.1, -0.05) is 47.4 Å². The molecule has 1 unspecified atom stereocenters. The van der Waals surface area contributed by atoms with Crippen molar-refractivity contribution in [2.75, 3.05) is 18.1 Å². The number of para-hydroxylation sites is 1. The van der Waals surface area contributed by atoms with Crippen LogP contribution in [0.3, 0.4) is 0 Å². The van der Waals surface area contributed by atoms with Crippen LogP contribution in [0.1, 0.15) is 18.5 Å². The van der Waals surface area contributed by atoms with Gasteiger partial charge in [-0.25, -0.2) is 8.78 Å². The first-order chi connectivity index (χ1) is 13.4. The molecule has 0 aliphatic rings. The van der Waals surface area contributed by atoms with E-state index in [2.05, 4.69) is 15.5 Å². The zero-order valence-corrected chi connectivity index (χ0v) is 16.9. The minimum atomic E-state index is -0.376. The fourth-order valence-corrected chi connectivity index (χ4v) is 4.09. The van der Waals surface area contributed by atoms with E-state index in [4.69, 9.17) is 0 Å². The molecule has 3 aromatic rings. The Morgan fingerprint density at radius 2 is 1.89 bits per heavy atom. The van der Waals surface area contributed by atoms with Crippen LogP contribution < -0.4 is 5.32 Å². The summed E-state index contributed by atoms with van der Waals surface area (Å²) in [7, 11) is 1.71. The van der Waals surface area contributed by atoms with E-state index in [0.29, 0.717) is 15.2 Å². The van der Waals surface area contributed by atoms with E-state index >= 15 is 0 Å². The van der Waals surface area contributed by atoms with E-state index in [1.807, 2.05) is 6.92 Å². The highest BCUT2D eigenvalue weighted by atomic mass is 32.2. The number of hydrogen-bond acceptors (Lipinski definition) is 6. The average Bonchev–Trinajstić information content (AvgIpc) is 3.15. The standard InChI is InChI=1S/C19H18F2N4OS2/c1-12(13-7-9-14(20)10-8-13)25(2)17(26)11-27-19-24-23-18(28-19)22-16-6-4-3-5-15(16)21/h3-10,12H,11H2,1-2H3,(H,22,23). The van der Waals surface area contributed by atoms with Gasteiger partial charge in [0.25, 0.3) is 0 Å². The third-order valence-electron chi connectivity index (χ3n) is 4.17. The van der Waals surface area contributed by atoms with Gasteiger partial charge in [-0.2, -0.15) is 0 Å². The second-order valence-corrected chi connectivity index (χ2v) is 8.20. The molecule has 0 saturated heterocycles. The summed E-state index contributed by atoms with van der Waals surface area (Å²) in [6.07, 6.45) is 0.